The number of carbonyl (C=O) groups excluding carboxylic acids is 3. The van der Waals surface area contributed by atoms with E-state index in [-0.39, 0.29) is 30.8 Å². The summed E-state index contributed by atoms with van der Waals surface area (Å²) in [6.45, 7) is 6.90. The highest BCUT2D eigenvalue weighted by Gasteiger charge is 2.47. The van der Waals surface area contributed by atoms with E-state index in [2.05, 4.69) is 20.6 Å². The van der Waals surface area contributed by atoms with E-state index in [1.807, 2.05) is 62.4 Å². The van der Waals surface area contributed by atoms with Gasteiger partial charge in [-0.25, -0.2) is 19.6 Å². The fourth-order valence-electron chi connectivity index (χ4n) is 6.41. The van der Waals surface area contributed by atoms with E-state index in [4.69, 9.17) is 14.2 Å². The average molecular weight is 709 g/mol. The van der Waals surface area contributed by atoms with Crippen molar-refractivity contribution in [1.29, 1.82) is 0 Å². The summed E-state index contributed by atoms with van der Waals surface area (Å²) in [4.78, 5) is 58.7. The number of nitrogens with zero attached hydrogens (tertiary/aromatic N) is 2. The first-order valence-corrected chi connectivity index (χ1v) is 17.5. The summed E-state index contributed by atoms with van der Waals surface area (Å²) in [5, 5.41) is 15.4. The Kier molecular flexibility index (Phi) is 12.2. The lowest BCUT2D eigenvalue weighted by atomic mass is 9.95. The summed E-state index contributed by atoms with van der Waals surface area (Å²) in [6.07, 6.45) is 5.93. The highest BCUT2D eigenvalue weighted by Crippen LogP contribution is 2.33. The molecule has 0 bridgehead atoms. The lowest BCUT2D eigenvalue weighted by Crippen LogP contribution is -2.56. The van der Waals surface area contributed by atoms with E-state index in [1.165, 1.54) is 12.4 Å². The van der Waals surface area contributed by atoms with Gasteiger partial charge in [-0.05, 0) is 66.3 Å². The van der Waals surface area contributed by atoms with Gasteiger partial charge in [-0.15, -0.1) is 0 Å². The summed E-state index contributed by atoms with van der Waals surface area (Å²) >= 11 is 0. The minimum atomic E-state index is -1.36. The van der Waals surface area contributed by atoms with Gasteiger partial charge in [0.15, 0.2) is 22.9 Å². The number of pyridine rings is 2. The minimum Gasteiger partial charge on any atom is -0.491 e. The lowest BCUT2D eigenvalue weighted by molar-refractivity contribution is -0.150. The fourth-order valence-corrected chi connectivity index (χ4v) is 6.41. The molecule has 0 fully saturated rings. The smallest absolute Gasteiger partial charge is 0.332 e. The van der Waals surface area contributed by atoms with Crippen molar-refractivity contribution in [3.63, 3.8) is 0 Å². The van der Waals surface area contributed by atoms with Crippen LogP contribution in [0.1, 0.15) is 76.8 Å². The number of ether oxygens (including phenoxy) is 3. The second kappa shape index (κ2) is 17.0. The van der Waals surface area contributed by atoms with Crippen LogP contribution in [0.2, 0.25) is 0 Å². The van der Waals surface area contributed by atoms with E-state index in [1.54, 1.807) is 31.2 Å². The number of carbonyl (C=O) groups is 4. The van der Waals surface area contributed by atoms with Crippen LogP contribution in [0.5, 0.6) is 11.5 Å². The fraction of sp³-hybridized carbons (Fsp3) is 0.350. The van der Waals surface area contributed by atoms with Crippen LogP contribution >= 0.6 is 0 Å². The molecule has 52 heavy (non-hydrogen) atoms. The second-order valence-electron chi connectivity index (χ2n) is 12.7. The number of hydrogen-bond acceptors (Lipinski definition) is 9. The average Bonchev–Trinajstić information content (AvgIpc) is 3.73. The second-order valence-corrected chi connectivity index (χ2v) is 12.7. The van der Waals surface area contributed by atoms with Crippen molar-refractivity contribution in [2.24, 2.45) is 0 Å². The van der Waals surface area contributed by atoms with Crippen molar-refractivity contribution in [2.75, 3.05) is 19.8 Å². The monoisotopic (exact) mass is 708 g/mol. The molecule has 2 aliphatic carbocycles. The van der Waals surface area contributed by atoms with Crippen molar-refractivity contribution in [3.8, 4) is 11.5 Å². The van der Waals surface area contributed by atoms with Crippen LogP contribution in [0.15, 0.2) is 85.2 Å². The van der Waals surface area contributed by atoms with Gasteiger partial charge in [-0.1, -0.05) is 62.4 Å². The molecule has 2 amide bonds. The van der Waals surface area contributed by atoms with E-state index in [9.17, 15) is 24.3 Å². The summed E-state index contributed by atoms with van der Waals surface area (Å²) < 4.78 is 16.5. The van der Waals surface area contributed by atoms with Gasteiger partial charge >= 0.3 is 11.9 Å². The molecule has 272 valence electrons. The molecule has 12 heteroatoms. The normalized spacial score (nSPS) is 14.4. The number of esters is 1. The Labute approximate surface area is 302 Å². The van der Waals surface area contributed by atoms with Crippen LogP contribution in [-0.2, 0) is 40.0 Å². The zero-order valence-corrected chi connectivity index (χ0v) is 29.6. The quantitative estimate of drug-likeness (QED) is 0.162. The Bertz CT molecular complexity index is 1860. The van der Waals surface area contributed by atoms with Crippen molar-refractivity contribution >= 4 is 23.8 Å². The molecule has 2 heterocycles. The molecule has 4 aromatic rings. The van der Waals surface area contributed by atoms with Crippen LogP contribution < -0.4 is 20.1 Å². The molecule has 0 atom stereocenters. The Hall–Kier alpha value is -5.78. The van der Waals surface area contributed by atoms with Crippen molar-refractivity contribution in [1.82, 2.24) is 20.6 Å². The molecule has 0 unspecified atom stereocenters. The largest absolute Gasteiger partial charge is 0.491 e. The summed E-state index contributed by atoms with van der Waals surface area (Å²) in [6, 6.07) is 22.1. The number of rotatable bonds is 13. The highest BCUT2D eigenvalue weighted by molar-refractivity contribution is 6.00. The molecular weight excluding hydrogens is 664 g/mol. The summed E-state index contributed by atoms with van der Waals surface area (Å²) in [5.74, 6) is -1.70. The minimum absolute atomic E-state index is 0.104. The molecule has 6 rings (SSSR count). The molecule has 2 aliphatic rings. The number of fused-ring (bicyclic) bond motifs is 2. The first kappa shape index (κ1) is 37.5. The molecule has 3 N–H and O–H groups in total. The predicted octanol–water partition coefficient (Wildman–Crippen LogP) is 4.92. The number of carboxylic acids is 1. The van der Waals surface area contributed by atoms with Crippen molar-refractivity contribution in [2.45, 2.75) is 70.4 Å². The standard InChI is InChI=1S/C21H24N2O4.C19H20N2O4/c1-3-12-27-17-10-7-11-22-18(17)19(24)23-21(20(25)26-4-2)13-15-8-5-6-9-16(15)14-21;1-2-10-25-15-8-5-9-20-16(15)17(22)21-19(18(23)24)11-13-6-3-4-7-14(13)12-19/h5-11H,3-4,12-14H2,1-2H3,(H,23,24);3-9H,2,10-12H2,1H3,(H,21,22)(H,23,24). The van der Waals surface area contributed by atoms with E-state index >= 15 is 0 Å². The third-order valence-electron chi connectivity index (χ3n) is 8.88. The van der Waals surface area contributed by atoms with Gasteiger partial charge in [-0.3, -0.25) is 9.59 Å². The number of hydrogen-bond donors (Lipinski definition) is 3. The molecule has 0 radical (unpaired) electrons. The maximum Gasteiger partial charge on any atom is 0.332 e. The molecule has 2 aromatic heterocycles. The lowest BCUT2D eigenvalue weighted by Gasteiger charge is -2.28. The SMILES string of the molecule is CCCOc1cccnc1C(=O)NC1(C(=O)O)Cc2ccccc2C1.CCCOc1cccnc1C(=O)NC1(C(=O)OCC)Cc2ccccc2C1. The first-order chi connectivity index (χ1) is 25.1. The van der Waals surface area contributed by atoms with Crippen molar-refractivity contribution < 1.29 is 38.5 Å². The highest BCUT2D eigenvalue weighted by atomic mass is 16.5. The van der Waals surface area contributed by atoms with E-state index in [0.717, 1.165) is 35.1 Å². The van der Waals surface area contributed by atoms with E-state index < -0.39 is 34.8 Å². The maximum absolute atomic E-state index is 13.0. The number of nitrogens with one attached hydrogen (secondary N) is 2. The number of aliphatic carboxylic acids is 1. The van der Waals surface area contributed by atoms with Gasteiger partial charge in [0.05, 0.1) is 19.8 Å². The van der Waals surface area contributed by atoms with Gasteiger partial charge in [0, 0.05) is 38.1 Å². The molecule has 12 nitrogen and oxygen atoms in total. The van der Waals surface area contributed by atoms with Crippen LogP contribution in [0, 0.1) is 0 Å². The topological polar surface area (TPSA) is 166 Å². The van der Waals surface area contributed by atoms with Crippen LogP contribution in [0.3, 0.4) is 0 Å². The Balaban J connectivity index is 0.000000202. The zero-order chi connectivity index (χ0) is 37.1. The van der Waals surface area contributed by atoms with Crippen LogP contribution in [0.4, 0.5) is 0 Å². The molecule has 0 aliphatic heterocycles. The van der Waals surface area contributed by atoms with Crippen LogP contribution in [-0.4, -0.2) is 69.7 Å². The van der Waals surface area contributed by atoms with E-state index in [0.29, 0.717) is 37.6 Å². The number of benzene rings is 2. The van der Waals surface area contributed by atoms with Gasteiger partial charge in [0.25, 0.3) is 11.8 Å². The third kappa shape index (κ3) is 8.39. The number of amides is 2. The van der Waals surface area contributed by atoms with Gasteiger partial charge < -0.3 is 30.0 Å². The summed E-state index contributed by atoms with van der Waals surface area (Å²) in [7, 11) is 0. The van der Waals surface area contributed by atoms with Gasteiger partial charge in [0.1, 0.15) is 11.1 Å². The summed E-state index contributed by atoms with van der Waals surface area (Å²) in [5.41, 5.74) is 1.74. The molecular formula is C40H44N4O8. The van der Waals surface area contributed by atoms with Crippen LogP contribution in [0.25, 0.3) is 0 Å². The predicted molar refractivity (Wildman–Crippen MR) is 192 cm³/mol. The van der Waals surface area contributed by atoms with Crippen molar-refractivity contribution in [3.05, 3.63) is 119 Å². The zero-order valence-electron chi connectivity index (χ0n) is 29.6. The third-order valence-corrected chi connectivity index (χ3v) is 8.88. The molecule has 2 aromatic carbocycles. The Morgan fingerprint density at radius 3 is 1.42 bits per heavy atom. The first-order valence-electron chi connectivity index (χ1n) is 17.5. The van der Waals surface area contributed by atoms with Gasteiger partial charge in [-0.2, -0.15) is 0 Å². The maximum atomic E-state index is 13.0. The Morgan fingerprint density at radius 1 is 0.635 bits per heavy atom. The molecule has 0 saturated heterocycles. The Morgan fingerprint density at radius 2 is 1.04 bits per heavy atom. The molecule has 0 saturated carbocycles. The number of carboxylic acid groups (broad SMARTS) is 1. The van der Waals surface area contributed by atoms with Gasteiger partial charge in [0.2, 0.25) is 0 Å². The molecule has 0 spiro atoms. The number of aromatic nitrogens is 2.